The standard InChI is InChI=1S/C10H8O3S2.Na.H/c11-9(7-3-1-5-14-7)10(12)13-8-4-2-6-15-8;;/h1-6,9,11H;;. The van der Waals surface area contributed by atoms with Crippen LogP contribution in [0.1, 0.15) is 11.0 Å². The fourth-order valence-corrected chi connectivity index (χ4v) is 2.31. The third kappa shape index (κ3) is 3.41. The van der Waals surface area contributed by atoms with Crippen LogP contribution in [0.2, 0.25) is 0 Å². The monoisotopic (exact) mass is 264 g/mol. The minimum atomic E-state index is -1.19. The molecule has 0 aliphatic carbocycles. The number of hydrogen-bond acceptors (Lipinski definition) is 5. The number of carbonyl (C=O) groups is 1. The summed E-state index contributed by atoms with van der Waals surface area (Å²) in [5.74, 6) is -0.639. The zero-order valence-electron chi connectivity index (χ0n) is 7.62. The van der Waals surface area contributed by atoms with Crippen molar-refractivity contribution in [3.8, 4) is 5.06 Å². The van der Waals surface area contributed by atoms with Crippen LogP contribution in [0.5, 0.6) is 5.06 Å². The molecule has 2 aromatic rings. The predicted octanol–water partition coefficient (Wildman–Crippen LogP) is 1.80. The van der Waals surface area contributed by atoms with Crippen LogP contribution >= 0.6 is 22.7 Å². The Kier molecular flexibility index (Phi) is 5.68. The number of aliphatic hydroxyl groups is 1. The molecule has 3 nitrogen and oxygen atoms in total. The number of ether oxygens (including phenoxy) is 1. The average Bonchev–Trinajstić information content (AvgIpc) is 2.88. The van der Waals surface area contributed by atoms with Crippen LogP contribution in [-0.2, 0) is 4.79 Å². The summed E-state index contributed by atoms with van der Waals surface area (Å²) in [4.78, 5) is 12.0. The SMILES string of the molecule is O=C(Oc1cccs1)C(O)c1cccs1.[NaH]. The molecule has 1 atom stereocenters. The van der Waals surface area contributed by atoms with Crippen LogP contribution in [0.3, 0.4) is 0 Å². The van der Waals surface area contributed by atoms with E-state index in [4.69, 9.17) is 4.74 Å². The van der Waals surface area contributed by atoms with Crippen molar-refractivity contribution in [3.63, 3.8) is 0 Å². The van der Waals surface area contributed by atoms with Gasteiger partial charge in [0.2, 0.25) is 0 Å². The van der Waals surface area contributed by atoms with Crippen LogP contribution in [-0.4, -0.2) is 40.6 Å². The zero-order chi connectivity index (χ0) is 10.7. The number of carbonyl (C=O) groups excluding carboxylic acids is 1. The number of esters is 1. The Bertz CT molecular complexity index is 425. The first-order chi connectivity index (χ1) is 7.27. The van der Waals surface area contributed by atoms with Crippen LogP contribution in [0.15, 0.2) is 35.0 Å². The van der Waals surface area contributed by atoms with Crippen LogP contribution in [0, 0.1) is 0 Å². The van der Waals surface area contributed by atoms with E-state index in [1.54, 1.807) is 35.0 Å². The van der Waals surface area contributed by atoms with E-state index in [-0.39, 0.29) is 29.6 Å². The fraction of sp³-hybridized carbons (Fsp3) is 0.100. The van der Waals surface area contributed by atoms with Gasteiger partial charge in [-0.2, -0.15) is 0 Å². The third-order valence-electron chi connectivity index (χ3n) is 1.73. The van der Waals surface area contributed by atoms with Crippen molar-refractivity contribution in [2.45, 2.75) is 6.10 Å². The van der Waals surface area contributed by atoms with Gasteiger partial charge < -0.3 is 9.84 Å². The maximum atomic E-state index is 11.4. The van der Waals surface area contributed by atoms with E-state index < -0.39 is 12.1 Å². The normalized spacial score (nSPS) is 11.6. The minimum absolute atomic E-state index is 0. The van der Waals surface area contributed by atoms with Crippen LogP contribution in [0.4, 0.5) is 0 Å². The van der Waals surface area contributed by atoms with E-state index in [0.29, 0.717) is 9.94 Å². The van der Waals surface area contributed by atoms with Gasteiger partial charge in [0.15, 0.2) is 11.2 Å². The molecule has 0 aliphatic rings. The van der Waals surface area contributed by atoms with Crippen LogP contribution < -0.4 is 4.74 Å². The molecule has 1 unspecified atom stereocenters. The van der Waals surface area contributed by atoms with Crippen molar-refractivity contribution >= 4 is 58.2 Å². The van der Waals surface area contributed by atoms with Crippen molar-refractivity contribution in [2.24, 2.45) is 0 Å². The summed E-state index contributed by atoms with van der Waals surface area (Å²) >= 11 is 2.64. The molecule has 0 radical (unpaired) electrons. The first-order valence-electron chi connectivity index (χ1n) is 4.24. The van der Waals surface area contributed by atoms with E-state index in [9.17, 15) is 9.90 Å². The Labute approximate surface area is 123 Å². The Morgan fingerprint density at radius 2 is 1.94 bits per heavy atom. The molecule has 80 valence electrons. The molecule has 1 N–H and O–H groups in total. The Balaban J connectivity index is 0.00000128. The van der Waals surface area contributed by atoms with Gasteiger partial charge in [0.1, 0.15) is 0 Å². The summed E-state index contributed by atoms with van der Waals surface area (Å²) in [6.45, 7) is 0. The molecule has 2 aromatic heterocycles. The molecule has 0 spiro atoms. The van der Waals surface area contributed by atoms with Crippen molar-refractivity contribution in [3.05, 3.63) is 39.9 Å². The van der Waals surface area contributed by atoms with Crippen LogP contribution in [0.25, 0.3) is 0 Å². The summed E-state index contributed by atoms with van der Waals surface area (Å²) in [7, 11) is 0. The third-order valence-corrected chi connectivity index (χ3v) is 3.40. The first-order valence-corrected chi connectivity index (χ1v) is 6.00. The number of hydrogen-bond donors (Lipinski definition) is 1. The van der Waals surface area contributed by atoms with Gasteiger partial charge in [-0.15, -0.1) is 22.7 Å². The van der Waals surface area contributed by atoms with Gasteiger partial charge >= 0.3 is 35.5 Å². The van der Waals surface area contributed by atoms with Crippen molar-refractivity contribution < 1.29 is 14.6 Å². The van der Waals surface area contributed by atoms with E-state index >= 15 is 0 Å². The molecule has 0 aromatic carbocycles. The second-order valence-corrected chi connectivity index (χ2v) is 4.66. The van der Waals surface area contributed by atoms with E-state index in [0.717, 1.165) is 0 Å². The van der Waals surface area contributed by atoms with Gasteiger partial charge in [-0.1, -0.05) is 6.07 Å². The average molecular weight is 264 g/mol. The Hall–Kier alpha value is -0.170. The van der Waals surface area contributed by atoms with E-state index in [2.05, 4.69) is 0 Å². The zero-order valence-corrected chi connectivity index (χ0v) is 9.25. The van der Waals surface area contributed by atoms with Gasteiger partial charge in [0.05, 0.1) is 0 Å². The summed E-state index contributed by atoms with van der Waals surface area (Å²) in [5.41, 5.74) is 0. The molecule has 0 amide bonds. The molecule has 0 saturated heterocycles. The van der Waals surface area contributed by atoms with E-state index in [1.165, 1.54) is 22.7 Å². The second kappa shape index (κ2) is 6.54. The molecule has 0 saturated carbocycles. The van der Waals surface area contributed by atoms with Gasteiger partial charge in [0.25, 0.3) is 0 Å². The first kappa shape index (κ1) is 13.9. The summed E-state index contributed by atoms with van der Waals surface area (Å²) < 4.78 is 4.98. The molecule has 0 aliphatic heterocycles. The predicted molar refractivity (Wildman–Crippen MR) is 66.4 cm³/mol. The van der Waals surface area contributed by atoms with Crippen molar-refractivity contribution in [1.82, 2.24) is 0 Å². The molecule has 0 fully saturated rings. The molecular formula is C10H9NaO3S2. The number of aliphatic hydroxyl groups excluding tert-OH is 1. The Morgan fingerprint density at radius 3 is 2.50 bits per heavy atom. The number of rotatable bonds is 3. The quantitative estimate of drug-likeness (QED) is 0.679. The molecule has 2 heterocycles. The summed E-state index contributed by atoms with van der Waals surface area (Å²) in [6.07, 6.45) is -1.19. The molecule has 2 rings (SSSR count). The summed E-state index contributed by atoms with van der Waals surface area (Å²) in [6, 6.07) is 6.95. The molecule has 16 heavy (non-hydrogen) atoms. The molecule has 0 bridgehead atoms. The fourth-order valence-electron chi connectivity index (χ4n) is 1.04. The van der Waals surface area contributed by atoms with Gasteiger partial charge in [0, 0.05) is 4.88 Å². The van der Waals surface area contributed by atoms with Crippen molar-refractivity contribution in [1.29, 1.82) is 0 Å². The molecular weight excluding hydrogens is 255 g/mol. The van der Waals surface area contributed by atoms with E-state index in [1.807, 2.05) is 0 Å². The van der Waals surface area contributed by atoms with Gasteiger partial charge in [-0.05, 0) is 29.0 Å². The molecule has 6 heteroatoms. The number of thiophene rings is 2. The van der Waals surface area contributed by atoms with Gasteiger partial charge in [-0.25, -0.2) is 4.79 Å². The van der Waals surface area contributed by atoms with Gasteiger partial charge in [-0.3, -0.25) is 0 Å². The second-order valence-electron chi connectivity index (χ2n) is 2.77. The summed E-state index contributed by atoms with van der Waals surface area (Å²) in [5, 5.41) is 13.7. The van der Waals surface area contributed by atoms with Crippen molar-refractivity contribution in [2.75, 3.05) is 0 Å². The topological polar surface area (TPSA) is 46.5 Å². The Morgan fingerprint density at radius 1 is 1.25 bits per heavy atom. The maximum absolute atomic E-state index is 11.4.